The van der Waals surface area contributed by atoms with Gasteiger partial charge in [0.2, 0.25) is 29.5 Å². The molecule has 17 heteroatoms. The lowest BCUT2D eigenvalue weighted by Gasteiger charge is -2.35. The molecule has 4 fully saturated rings. The van der Waals surface area contributed by atoms with Gasteiger partial charge >= 0.3 is 5.97 Å². The lowest BCUT2D eigenvalue weighted by Crippen LogP contribution is -2.58. The molecular formula is C29H47N9O7S. The van der Waals surface area contributed by atoms with Crippen LogP contribution in [0.25, 0.3) is 0 Å². The summed E-state index contributed by atoms with van der Waals surface area (Å²) < 4.78 is 0. The number of carboxylic acids is 1. The van der Waals surface area contributed by atoms with E-state index in [1.165, 1.54) is 14.7 Å². The molecule has 256 valence electrons. The van der Waals surface area contributed by atoms with E-state index in [2.05, 4.69) is 22.9 Å². The predicted octanol–water partition coefficient (Wildman–Crippen LogP) is -2.17. The van der Waals surface area contributed by atoms with Gasteiger partial charge in [-0.15, -0.1) is 0 Å². The Morgan fingerprint density at radius 3 is 1.65 bits per heavy atom. The molecule has 4 saturated heterocycles. The van der Waals surface area contributed by atoms with Crippen LogP contribution in [-0.4, -0.2) is 141 Å². The van der Waals surface area contributed by atoms with E-state index >= 15 is 0 Å². The van der Waals surface area contributed by atoms with Crippen molar-refractivity contribution in [1.82, 2.24) is 24.9 Å². The number of rotatable bonds is 12. The molecule has 4 rings (SSSR count). The highest BCUT2D eigenvalue weighted by atomic mass is 32.1. The van der Waals surface area contributed by atoms with Crippen LogP contribution < -0.4 is 22.5 Å². The molecule has 0 radical (unpaired) electrons. The van der Waals surface area contributed by atoms with Crippen LogP contribution in [0, 0.1) is 0 Å². The standard InChI is InChI=1S/C29H47N9O7S/c30-17(6-1-11-33-29(31)32)24(40)36-13-3-8-20(36)26(42)38-15-5-10-22(38)27(43)37-14-4-9-21(37)25(41)35-12-2-7-19(35)23(39)34-18(16-46)28(44)45/h17-22,46H,1-16,30H2,(H,34,39)(H,44,45)(H4,31,32,33). The molecule has 0 aliphatic carbocycles. The Labute approximate surface area is 273 Å². The third-order valence-electron chi connectivity index (χ3n) is 9.38. The quantitative estimate of drug-likeness (QED) is 0.0571. The van der Waals surface area contributed by atoms with Gasteiger partial charge in [-0.2, -0.15) is 12.6 Å². The van der Waals surface area contributed by atoms with E-state index in [0.29, 0.717) is 96.9 Å². The molecule has 5 amide bonds. The second kappa shape index (κ2) is 15.8. The summed E-state index contributed by atoms with van der Waals surface area (Å²) in [5, 5.41) is 11.8. The monoisotopic (exact) mass is 665 g/mol. The largest absolute Gasteiger partial charge is 0.480 e. The van der Waals surface area contributed by atoms with E-state index in [-0.39, 0.29) is 35.3 Å². The fourth-order valence-corrected chi connectivity index (χ4v) is 7.30. The second-order valence-electron chi connectivity index (χ2n) is 12.4. The minimum Gasteiger partial charge on any atom is -0.480 e. The van der Waals surface area contributed by atoms with Crippen molar-refractivity contribution in [1.29, 1.82) is 0 Å². The van der Waals surface area contributed by atoms with Gasteiger partial charge in [-0.3, -0.25) is 29.0 Å². The maximum atomic E-state index is 14.0. The van der Waals surface area contributed by atoms with Crippen LogP contribution in [-0.2, 0) is 28.8 Å². The average molecular weight is 666 g/mol. The Morgan fingerprint density at radius 1 is 0.761 bits per heavy atom. The number of carbonyl (C=O) groups is 6. The summed E-state index contributed by atoms with van der Waals surface area (Å²) in [6, 6.07) is -5.06. The van der Waals surface area contributed by atoms with Gasteiger partial charge in [-0.05, 0) is 64.2 Å². The Kier molecular flexibility index (Phi) is 12.1. The summed E-state index contributed by atoms with van der Waals surface area (Å²) in [5.41, 5.74) is 16.9. The Bertz CT molecular complexity index is 1220. The molecule has 0 spiro atoms. The van der Waals surface area contributed by atoms with E-state index in [1.807, 2.05) is 0 Å². The number of nitrogens with zero attached hydrogens (tertiary/aromatic N) is 5. The molecule has 0 aromatic heterocycles. The zero-order valence-corrected chi connectivity index (χ0v) is 27.0. The van der Waals surface area contributed by atoms with Gasteiger partial charge in [0.05, 0.1) is 6.04 Å². The highest BCUT2D eigenvalue weighted by Gasteiger charge is 2.48. The lowest BCUT2D eigenvalue weighted by atomic mass is 10.1. The molecule has 4 aliphatic rings. The number of carbonyl (C=O) groups excluding carboxylic acids is 5. The van der Waals surface area contributed by atoms with E-state index in [4.69, 9.17) is 17.2 Å². The fraction of sp³-hybridized carbons (Fsp3) is 0.759. The molecule has 6 atom stereocenters. The number of aliphatic carboxylic acids is 1. The van der Waals surface area contributed by atoms with Gasteiger partial charge in [0, 0.05) is 38.5 Å². The van der Waals surface area contributed by atoms with Crippen LogP contribution in [0.4, 0.5) is 0 Å². The number of guanidine groups is 1. The molecule has 46 heavy (non-hydrogen) atoms. The van der Waals surface area contributed by atoms with Crippen LogP contribution >= 0.6 is 12.6 Å². The first-order chi connectivity index (χ1) is 22.0. The molecule has 0 saturated carbocycles. The van der Waals surface area contributed by atoms with Crippen molar-refractivity contribution >= 4 is 54.1 Å². The number of hydrogen-bond donors (Lipinski definition) is 6. The van der Waals surface area contributed by atoms with Crippen molar-refractivity contribution in [3.63, 3.8) is 0 Å². The van der Waals surface area contributed by atoms with Crippen LogP contribution in [0.3, 0.4) is 0 Å². The van der Waals surface area contributed by atoms with Crippen LogP contribution in [0.5, 0.6) is 0 Å². The summed E-state index contributed by atoms with van der Waals surface area (Å²) in [7, 11) is 0. The maximum Gasteiger partial charge on any atom is 0.327 e. The number of carboxylic acid groups (broad SMARTS) is 1. The summed E-state index contributed by atoms with van der Waals surface area (Å²) in [6.07, 6.45) is 5.03. The first-order valence-corrected chi connectivity index (χ1v) is 16.8. The Balaban J connectivity index is 1.40. The normalized spacial score (nSPS) is 25.8. The smallest absolute Gasteiger partial charge is 0.327 e. The van der Waals surface area contributed by atoms with Crippen LogP contribution in [0.15, 0.2) is 4.99 Å². The molecule has 0 aromatic carbocycles. The number of nitrogens with two attached hydrogens (primary N) is 3. The molecule has 16 nitrogen and oxygen atoms in total. The molecule has 4 heterocycles. The first-order valence-electron chi connectivity index (χ1n) is 16.1. The topological polar surface area (TPSA) is 238 Å². The Hall–Kier alpha value is -3.60. The second-order valence-corrected chi connectivity index (χ2v) is 12.8. The zero-order valence-electron chi connectivity index (χ0n) is 26.1. The van der Waals surface area contributed by atoms with Gasteiger partial charge in [0.15, 0.2) is 5.96 Å². The van der Waals surface area contributed by atoms with Crippen molar-refractivity contribution in [2.45, 2.75) is 100 Å². The molecule has 4 aliphatic heterocycles. The van der Waals surface area contributed by atoms with E-state index < -0.39 is 48.1 Å². The third kappa shape index (κ3) is 7.85. The summed E-state index contributed by atoms with van der Waals surface area (Å²) in [5.74, 6) is -3.16. The molecule has 0 aromatic rings. The minimum atomic E-state index is -1.21. The number of thiol groups is 1. The van der Waals surface area contributed by atoms with Gasteiger partial charge in [-0.25, -0.2) is 4.79 Å². The number of hydrogen-bond acceptors (Lipinski definition) is 9. The van der Waals surface area contributed by atoms with E-state index in [1.54, 1.807) is 4.90 Å². The van der Waals surface area contributed by atoms with Crippen molar-refractivity contribution in [3.05, 3.63) is 0 Å². The minimum absolute atomic E-state index is 0.0346. The number of aliphatic imine (C=N–C) groups is 1. The van der Waals surface area contributed by atoms with Crippen molar-refractivity contribution in [3.8, 4) is 0 Å². The molecule has 6 unspecified atom stereocenters. The first kappa shape index (κ1) is 35.3. The number of likely N-dealkylation sites (tertiary alicyclic amines) is 4. The number of nitrogens with one attached hydrogen (secondary N) is 1. The van der Waals surface area contributed by atoms with E-state index in [9.17, 15) is 33.9 Å². The Morgan fingerprint density at radius 2 is 1.20 bits per heavy atom. The highest BCUT2D eigenvalue weighted by molar-refractivity contribution is 7.80. The van der Waals surface area contributed by atoms with Gasteiger partial charge in [-0.1, -0.05) is 0 Å². The van der Waals surface area contributed by atoms with Crippen molar-refractivity contribution < 1.29 is 33.9 Å². The predicted molar refractivity (Wildman–Crippen MR) is 170 cm³/mol. The maximum absolute atomic E-state index is 14.0. The van der Waals surface area contributed by atoms with E-state index in [0.717, 1.165) is 0 Å². The summed E-state index contributed by atoms with van der Waals surface area (Å²) >= 11 is 3.99. The molecular weight excluding hydrogens is 618 g/mol. The van der Waals surface area contributed by atoms with Gasteiger partial charge in [0.1, 0.15) is 30.2 Å². The van der Waals surface area contributed by atoms with Crippen LogP contribution in [0.2, 0.25) is 0 Å². The van der Waals surface area contributed by atoms with Gasteiger partial charge in [0.25, 0.3) is 0 Å². The fourth-order valence-electron chi connectivity index (χ4n) is 7.05. The highest BCUT2D eigenvalue weighted by Crippen LogP contribution is 2.30. The number of amides is 5. The van der Waals surface area contributed by atoms with Crippen LogP contribution in [0.1, 0.15) is 64.2 Å². The SMILES string of the molecule is NC(N)=NCCCC(N)C(=O)N1CCCC1C(=O)N1CCCC1C(=O)N1CCCC1C(=O)N1CCCC1C(=O)NC(CS)C(=O)O. The summed E-state index contributed by atoms with van der Waals surface area (Å²) in [4.78, 5) is 89.2. The van der Waals surface area contributed by atoms with Crippen molar-refractivity contribution in [2.75, 3.05) is 38.5 Å². The van der Waals surface area contributed by atoms with Gasteiger partial charge < -0.3 is 47.2 Å². The lowest BCUT2D eigenvalue weighted by molar-refractivity contribution is -0.152. The molecule has 0 bridgehead atoms. The summed E-state index contributed by atoms with van der Waals surface area (Å²) in [6.45, 7) is 1.79. The van der Waals surface area contributed by atoms with Crippen molar-refractivity contribution in [2.24, 2.45) is 22.2 Å². The molecule has 8 N–H and O–H groups in total. The average Bonchev–Trinajstić information content (AvgIpc) is 3.85. The third-order valence-corrected chi connectivity index (χ3v) is 9.75. The zero-order chi connectivity index (χ0) is 33.5.